The predicted octanol–water partition coefficient (Wildman–Crippen LogP) is 2.96. The van der Waals surface area contributed by atoms with Crippen molar-refractivity contribution in [1.82, 2.24) is 10.3 Å². The highest BCUT2D eigenvalue weighted by molar-refractivity contribution is 8.00. The van der Waals surface area contributed by atoms with Crippen LogP contribution < -0.4 is 5.32 Å². The molecule has 2 aliphatic rings. The molecule has 3 rings (SSSR count). The van der Waals surface area contributed by atoms with Crippen LogP contribution in [0.1, 0.15) is 42.3 Å². The Balaban J connectivity index is 1.92. The fourth-order valence-electron chi connectivity index (χ4n) is 2.97. The van der Waals surface area contributed by atoms with Crippen LogP contribution in [-0.2, 0) is 18.4 Å². The van der Waals surface area contributed by atoms with Crippen LogP contribution in [0.2, 0.25) is 0 Å². The Bertz CT molecular complexity index is 390. The zero-order valence-electron chi connectivity index (χ0n) is 10.6. The summed E-state index contributed by atoms with van der Waals surface area (Å²) in [6.07, 6.45) is 5.01. The molecule has 4 heteroatoms. The van der Waals surface area contributed by atoms with E-state index in [-0.39, 0.29) is 5.54 Å². The highest BCUT2D eigenvalue weighted by Crippen LogP contribution is 2.44. The van der Waals surface area contributed by atoms with E-state index < -0.39 is 0 Å². The largest absolute Gasteiger partial charge is 0.305 e. The first-order valence-electron chi connectivity index (χ1n) is 6.59. The summed E-state index contributed by atoms with van der Waals surface area (Å²) in [5, 5.41) is 5.84. The molecule has 1 N–H and O–H groups in total. The van der Waals surface area contributed by atoms with Crippen molar-refractivity contribution in [3.8, 4) is 0 Å². The summed E-state index contributed by atoms with van der Waals surface area (Å²) < 4.78 is 0. The molecule has 17 heavy (non-hydrogen) atoms. The van der Waals surface area contributed by atoms with Crippen molar-refractivity contribution in [3.05, 3.63) is 15.6 Å². The molecule has 1 saturated heterocycles. The number of nitrogens with zero attached hydrogens (tertiary/aromatic N) is 1. The number of thioether (sulfide) groups is 1. The second kappa shape index (κ2) is 4.56. The van der Waals surface area contributed by atoms with Crippen molar-refractivity contribution in [1.29, 1.82) is 0 Å². The van der Waals surface area contributed by atoms with Crippen molar-refractivity contribution in [2.45, 2.75) is 50.3 Å². The van der Waals surface area contributed by atoms with Crippen molar-refractivity contribution in [3.63, 3.8) is 0 Å². The molecule has 2 atom stereocenters. The molecule has 94 valence electrons. The number of aryl methyl sites for hydroxylation is 2. The third-order valence-corrected chi connectivity index (χ3v) is 6.53. The van der Waals surface area contributed by atoms with Gasteiger partial charge in [-0.2, -0.15) is 11.8 Å². The lowest BCUT2D eigenvalue weighted by molar-refractivity contribution is 0.370. The van der Waals surface area contributed by atoms with Crippen LogP contribution in [0.5, 0.6) is 0 Å². The van der Waals surface area contributed by atoms with Crippen LogP contribution in [-0.4, -0.2) is 22.5 Å². The van der Waals surface area contributed by atoms with Gasteiger partial charge in [0.25, 0.3) is 0 Å². The number of hydrogen-bond donors (Lipinski definition) is 1. The van der Waals surface area contributed by atoms with Gasteiger partial charge in [0.05, 0.1) is 11.2 Å². The Morgan fingerprint density at radius 3 is 3.00 bits per heavy atom. The minimum Gasteiger partial charge on any atom is -0.305 e. The minimum absolute atomic E-state index is 0.174. The minimum atomic E-state index is 0.174. The Labute approximate surface area is 112 Å². The molecule has 0 amide bonds. The van der Waals surface area contributed by atoms with E-state index in [2.05, 4.69) is 30.9 Å². The van der Waals surface area contributed by atoms with Gasteiger partial charge in [0.1, 0.15) is 5.01 Å². The van der Waals surface area contributed by atoms with Crippen molar-refractivity contribution in [2.75, 3.05) is 12.3 Å². The highest BCUT2D eigenvalue weighted by atomic mass is 32.2. The highest BCUT2D eigenvalue weighted by Gasteiger charge is 2.42. The van der Waals surface area contributed by atoms with Crippen LogP contribution in [0.4, 0.5) is 0 Å². The fourth-order valence-corrected chi connectivity index (χ4v) is 5.72. The standard InChI is InChI=1S/C13H20N2S2/c1-3-14-13(7-9(2)16-8-13)12-15-10-5-4-6-11(10)17-12/h9,14H,3-8H2,1-2H3. The molecule has 2 nitrogen and oxygen atoms in total. The number of thiazole rings is 1. The van der Waals surface area contributed by atoms with Gasteiger partial charge in [-0.05, 0) is 32.2 Å². The normalized spacial score (nSPS) is 32.0. The molecule has 1 aliphatic carbocycles. The lowest BCUT2D eigenvalue weighted by Crippen LogP contribution is -2.42. The first-order valence-corrected chi connectivity index (χ1v) is 8.46. The number of rotatable bonds is 3. The lowest BCUT2D eigenvalue weighted by atomic mass is 9.97. The van der Waals surface area contributed by atoms with Gasteiger partial charge < -0.3 is 5.32 Å². The van der Waals surface area contributed by atoms with E-state index in [0.29, 0.717) is 0 Å². The van der Waals surface area contributed by atoms with Crippen molar-refractivity contribution >= 4 is 23.1 Å². The predicted molar refractivity (Wildman–Crippen MR) is 76.0 cm³/mol. The third kappa shape index (κ3) is 2.04. The molecule has 1 aromatic heterocycles. The summed E-state index contributed by atoms with van der Waals surface area (Å²) in [5.41, 5.74) is 1.57. The van der Waals surface area contributed by atoms with Gasteiger partial charge in [0.15, 0.2) is 0 Å². The van der Waals surface area contributed by atoms with Crippen LogP contribution in [0.25, 0.3) is 0 Å². The SMILES string of the molecule is CCNC1(c2nc3c(s2)CCC3)CSC(C)C1. The Morgan fingerprint density at radius 1 is 1.47 bits per heavy atom. The molecular formula is C13H20N2S2. The van der Waals surface area contributed by atoms with E-state index >= 15 is 0 Å². The smallest absolute Gasteiger partial charge is 0.114 e. The van der Waals surface area contributed by atoms with E-state index in [4.69, 9.17) is 4.98 Å². The zero-order chi connectivity index (χ0) is 11.9. The van der Waals surface area contributed by atoms with Gasteiger partial charge in [-0.1, -0.05) is 13.8 Å². The number of hydrogen-bond acceptors (Lipinski definition) is 4. The van der Waals surface area contributed by atoms with Crippen LogP contribution in [0.15, 0.2) is 0 Å². The number of nitrogens with one attached hydrogen (secondary N) is 1. The Kier molecular flexibility index (Phi) is 3.22. The Morgan fingerprint density at radius 2 is 2.35 bits per heavy atom. The maximum atomic E-state index is 4.94. The van der Waals surface area contributed by atoms with Crippen LogP contribution >= 0.6 is 23.1 Å². The van der Waals surface area contributed by atoms with E-state index in [1.54, 1.807) is 4.88 Å². The average molecular weight is 268 g/mol. The van der Waals surface area contributed by atoms with Gasteiger partial charge in [-0.15, -0.1) is 11.3 Å². The Hall–Kier alpha value is -0.0600. The molecule has 0 aromatic carbocycles. The molecule has 1 fully saturated rings. The van der Waals surface area contributed by atoms with Crippen molar-refractivity contribution < 1.29 is 0 Å². The fraction of sp³-hybridized carbons (Fsp3) is 0.769. The zero-order valence-corrected chi connectivity index (χ0v) is 12.2. The van der Waals surface area contributed by atoms with E-state index in [9.17, 15) is 0 Å². The summed E-state index contributed by atoms with van der Waals surface area (Å²) in [4.78, 5) is 6.50. The number of fused-ring (bicyclic) bond motifs is 1. The summed E-state index contributed by atoms with van der Waals surface area (Å²) in [6.45, 7) is 5.58. The number of aromatic nitrogens is 1. The van der Waals surface area contributed by atoms with Crippen LogP contribution in [0, 0.1) is 0 Å². The maximum Gasteiger partial charge on any atom is 0.114 e. The summed E-state index contributed by atoms with van der Waals surface area (Å²) in [6, 6.07) is 0. The monoisotopic (exact) mass is 268 g/mol. The maximum absolute atomic E-state index is 4.94. The molecular weight excluding hydrogens is 248 g/mol. The molecule has 0 spiro atoms. The van der Waals surface area contributed by atoms with Gasteiger partial charge in [-0.3, -0.25) is 0 Å². The first kappa shape index (κ1) is 12.0. The lowest BCUT2D eigenvalue weighted by Gasteiger charge is -2.27. The van der Waals surface area contributed by atoms with E-state index in [1.807, 2.05) is 11.3 Å². The molecule has 2 heterocycles. The van der Waals surface area contributed by atoms with E-state index in [0.717, 1.165) is 11.8 Å². The van der Waals surface area contributed by atoms with Gasteiger partial charge in [-0.25, -0.2) is 4.98 Å². The molecule has 0 saturated carbocycles. The average Bonchev–Trinajstić information content (AvgIpc) is 2.92. The molecule has 1 aromatic rings. The third-order valence-electron chi connectivity index (χ3n) is 3.77. The van der Waals surface area contributed by atoms with Gasteiger partial charge in [0.2, 0.25) is 0 Å². The summed E-state index contributed by atoms with van der Waals surface area (Å²) in [7, 11) is 0. The topological polar surface area (TPSA) is 24.9 Å². The quantitative estimate of drug-likeness (QED) is 0.912. The molecule has 1 aliphatic heterocycles. The molecule has 0 radical (unpaired) electrons. The van der Waals surface area contributed by atoms with Crippen LogP contribution in [0.3, 0.4) is 0 Å². The molecule has 2 unspecified atom stereocenters. The van der Waals surface area contributed by atoms with Gasteiger partial charge >= 0.3 is 0 Å². The summed E-state index contributed by atoms with van der Waals surface area (Å²) in [5.74, 6) is 1.19. The summed E-state index contributed by atoms with van der Waals surface area (Å²) >= 11 is 4.06. The second-order valence-corrected chi connectivity index (χ2v) is 7.69. The first-order chi connectivity index (χ1) is 8.23. The van der Waals surface area contributed by atoms with E-state index in [1.165, 1.54) is 42.1 Å². The van der Waals surface area contributed by atoms with Crippen molar-refractivity contribution in [2.24, 2.45) is 0 Å². The second-order valence-electron chi connectivity index (χ2n) is 5.18. The molecule has 0 bridgehead atoms. The van der Waals surface area contributed by atoms with Gasteiger partial charge in [0, 0.05) is 15.9 Å².